The second kappa shape index (κ2) is 4.10. The largest absolute Gasteiger partial charge is 0.255 e. The molecule has 1 aliphatic rings. The van der Waals surface area contributed by atoms with Gasteiger partial charge in [0, 0.05) is 17.0 Å². The lowest BCUT2D eigenvalue weighted by Gasteiger charge is -2.23. The van der Waals surface area contributed by atoms with Gasteiger partial charge in [0.1, 0.15) is 0 Å². The van der Waals surface area contributed by atoms with Crippen LogP contribution in [-0.4, -0.2) is 4.98 Å². The van der Waals surface area contributed by atoms with Crippen LogP contribution in [0.1, 0.15) is 57.7 Å². The van der Waals surface area contributed by atoms with Crippen molar-refractivity contribution in [1.82, 2.24) is 4.98 Å². The van der Waals surface area contributed by atoms with Gasteiger partial charge in [0.25, 0.3) is 0 Å². The molecule has 0 fully saturated rings. The van der Waals surface area contributed by atoms with Gasteiger partial charge in [0.15, 0.2) is 0 Å². The summed E-state index contributed by atoms with van der Waals surface area (Å²) in [5, 5.41) is 1.49. The van der Waals surface area contributed by atoms with Gasteiger partial charge in [-0.15, -0.1) is 0 Å². The minimum atomic E-state index is -0.199. The number of benzene rings is 2. The van der Waals surface area contributed by atoms with Crippen LogP contribution in [0.2, 0.25) is 0 Å². The van der Waals surface area contributed by atoms with Gasteiger partial charge in [-0.05, 0) is 46.3 Å². The highest BCUT2D eigenvalue weighted by Gasteiger charge is 2.43. The molecule has 112 valence electrons. The van der Waals surface area contributed by atoms with Crippen LogP contribution in [0.25, 0.3) is 21.7 Å². The molecule has 0 saturated carbocycles. The summed E-state index contributed by atoms with van der Waals surface area (Å²) in [5.41, 5.74) is 3.07. The fraction of sp³-hybridized carbons (Fsp3) is 0.381. The van der Waals surface area contributed by atoms with E-state index in [2.05, 4.69) is 32.7 Å². The molecular weight excluding hydrogens is 266 g/mol. The van der Waals surface area contributed by atoms with Crippen LogP contribution in [0.15, 0.2) is 36.4 Å². The Morgan fingerprint density at radius 3 is 2.59 bits per heavy atom. The molecule has 0 bridgehead atoms. The molecule has 1 aliphatic carbocycles. The lowest BCUT2D eigenvalue weighted by atomic mass is 9.81. The number of hydrogen-bond donors (Lipinski definition) is 0. The Hall–Kier alpha value is -1.89. The van der Waals surface area contributed by atoms with Crippen molar-refractivity contribution in [2.75, 3.05) is 0 Å². The lowest BCUT2D eigenvalue weighted by Crippen LogP contribution is -2.18. The number of pyridine rings is 1. The number of fused-ring (bicyclic) bond motifs is 5. The van der Waals surface area contributed by atoms with Gasteiger partial charge >= 0.3 is 0 Å². The molecule has 2 aromatic carbocycles. The van der Waals surface area contributed by atoms with Gasteiger partial charge < -0.3 is 0 Å². The van der Waals surface area contributed by atoms with Crippen molar-refractivity contribution in [3.63, 3.8) is 0 Å². The molecule has 0 N–H and O–H groups in total. The first-order chi connectivity index (χ1) is 12.4. The van der Waals surface area contributed by atoms with Gasteiger partial charge in [-0.1, -0.05) is 57.9 Å². The summed E-state index contributed by atoms with van der Waals surface area (Å²) in [6.45, 7) is 10.4. The van der Waals surface area contributed by atoms with E-state index in [9.17, 15) is 0 Å². The van der Waals surface area contributed by atoms with Crippen LogP contribution in [0.3, 0.4) is 0 Å². The summed E-state index contributed by atoms with van der Waals surface area (Å²) in [6, 6.07) is -0.349. The van der Waals surface area contributed by atoms with Crippen molar-refractivity contribution in [3.05, 3.63) is 53.1 Å². The average Bonchev–Trinajstić information content (AvgIpc) is 2.78. The van der Waals surface area contributed by atoms with E-state index < -0.39 is 0 Å². The molecule has 1 nitrogen and oxygen atoms in total. The third kappa shape index (κ3) is 1.68. The average molecular weight is 294 g/mol. The van der Waals surface area contributed by atoms with Gasteiger partial charge in [0.2, 0.25) is 0 Å². The van der Waals surface area contributed by atoms with Crippen LogP contribution in [-0.2, 0) is 10.8 Å². The summed E-state index contributed by atoms with van der Waals surface area (Å²) < 4.78 is 41.9. The molecule has 4 rings (SSSR count). The lowest BCUT2D eigenvalue weighted by molar-refractivity contribution is 0.404. The van der Waals surface area contributed by atoms with Gasteiger partial charge in [-0.2, -0.15) is 0 Å². The summed E-state index contributed by atoms with van der Waals surface area (Å²) in [4.78, 5) is 4.69. The number of hydrogen-bond acceptors (Lipinski definition) is 1. The van der Waals surface area contributed by atoms with E-state index in [-0.39, 0.29) is 46.4 Å². The normalized spacial score (nSPS) is 22.0. The topological polar surface area (TPSA) is 12.9 Å². The number of nitrogens with zero attached hydrogens (tertiary/aromatic N) is 1. The van der Waals surface area contributed by atoms with Crippen molar-refractivity contribution >= 4 is 21.7 Å². The molecule has 0 unspecified atom stereocenters. The second-order valence-corrected chi connectivity index (χ2v) is 7.72. The van der Waals surface area contributed by atoms with Crippen LogP contribution < -0.4 is 0 Å². The van der Waals surface area contributed by atoms with Crippen LogP contribution in [0.4, 0.5) is 0 Å². The van der Waals surface area contributed by atoms with Crippen LogP contribution in [0, 0.1) is 6.92 Å². The smallest absolute Gasteiger partial charge is 0.0786 e. The van der Waals surface area contributed by atoms with Crippen molar-refractivity contribution in [2.24, 2.45) is 0 Å². The van der Waals surface area contributed by atoms with E-state index in [1.165, 1.54) is 0 Å². The third-order valence-electron chi connectivity index (χ3n) is 4.98. The Morgan fingerprint density at radius 2 is 1.82 bits per heavy atom. The molecule has 22 heavy (non-hydrogen) atoms. The number of aromatic nitrogens is 1. The Bertz CT molecular complexity index is 1160. The van der Waals surface area contributed by atoms with Crippen molar-refractivity contribution in [3.8, 4) is 0 Å². The molecule has 0 radical (unpaired) electrons. The molecule has 3 aromatic rings. The highest BCUT2D eigenvalue weighted by Crippen LogP contribution is 2.51. The summed E-state index contributed by atoms with van der Waals surface area (Å²) in [7, 11) is 0. The van der Waals surface area contributed by atoms with E-state index in [1.807, 2.05) is 6.20 Å². The number of rotatable bonds is 0. The van der Waals surface area contributed by atoms with Gasteiger partial charge in [-0.25, -0.2) is 0 Å². The predicted molar refractivity (Wildman–Crippen MR) is 94.7 cm³/mol. The fourth-order valence-electron chi connectivity index (χ4n) is 4.34. The van der Waals surface area contributed by atoms with E-state index in [0.29, 0.717) is 21.9 Å². The van der Waals surface area contributed by atoms with Crippen molar-refractivity contribution in [2.45, 2.75) is 51.9 Å². The van der Waals surface area contributed by atoms with Crippen molar-refractivity contribution in [1.29, 1.82) is 0 Å². The molecule has 0 atom stereocenters. The van der Waals surface area contributed by atoms with Crippen molar-refractivity contribution < 1.29 is 6.85 Å². The molecule has 1 heteroatoms. The first kappa shape index (κ1) is 9.29. The zero-order chi connectivity index (χ0) is 20.0. The zero-order valence-corrected chi connectivity index (χ0v) is 13.7. The Kier molecular flexibility index (Phi) is 1.73. The standard InChI is InChI=1S/C21H23N/c1-13-7-6-8-14-9-10-15-18-16(11-22-19(15)17(13)14)20(2,3)12-21(18,4)5/h6-11H,12H2,1-5H3/i6D,7D,8D,9D,10D. The molecule has 0 amide bonds. The Balaban J connectivity index is 2.36. The highest BCUT2D eigenvalue weighted by atomic mass is 14.7. The third-order valence-corrected chi connectivity index (χ3v) is 4.98. The molecule has 0 aliphatic heterocycles. The summed E-state index contributed by atoms with van der Waals surface area (Å²) >= 11 is 0. The van der Waals surface area contributed by atoms with Gasteiger partial charge in [0.05, 0.1) is 12.4 Å². The Morgan fingerprint density at radius 1 is 1.05 bits per heavy atom. The van der Waals surface area contributed by atoms with Crippen LogP contribution >= 0.6 is 0 Å². The SMILES string of the molecule is [2H]c1c([2H])c(C)c2c(c1[2H])c([2H])c([2H])c1c3c(cnc12)C(C)(C)CC3(C)C. The minimum Gasteiger partial charge on any atom is -0.255 e. The maximum Gasteiger partial charge on any atom is 0.0786 e. The first-order valence-corrected chi connectivity index (χ1v) is 7.73. The second-order valence-electron chi connectivity index (χ2n) is 7.72. The maximum atomic E-state index is 8.72. The highest BCUT2D eigenvalue weighted by molar-refractivity contribution is 6.08. The summed E-state index contributed by atoms with van der Waals surface area (Å²) in [5.74, 6) is 0. The Labute approximate surface area is 139 Å². The molecular formula is C21H23N. The van der Waals surface area contributed by atoms with E-state index in [4.69, 9.17) is 6.85 Å². The maximum absolute atomic E-state index is 8.72. The first-order valence-electron chi connectivity index (χ1n) is 10.2. The number of aryl methyl sites for hydroxylation is 1. The van der Waals surface area contributed by atoms with Gasteiger partial charge in [-0.3, -0.25) is 4.98 Å². The minimum absolute atomic E-state index is 0.00665. The predicted octanol–water partition coefficient (Wildman–Crippen LogP) is 5.66. The fourth-order valence-corrected chi connectivity index (χ4v) is 4.34. The van der Waals surface area contributed by atoms with E-state index in [0.717, 1.165) is 17.5 Å². The van der Waals surface area contributed by atoms with Crippen LogP contribution in [0.5, 0.6) is 0 Å². The molecule has 1 aromatic heterocycles. The quantitative estimate of drug-likeness (QED) is 0.488. The molecule has 0 spiro atoms. The molecule has 0 saturated heterocycles. The molecule has 1 heterocycles. The monoisotopic (exact) mass is 294 g/mol. The van der Waals surface area contributed by atoms with E-state index >= 15 is 0 Å². The van der Waals surface area contributed by atoms with E-state index in [1.54, 1.807) is 6.92 Å². The summed E-state index contributed by atoms with van der Waals surface area (Å²) in [6.07, 6.45) is 2.80. The zero-order valence-electron chi connectivity index (χ0n) is 18.7.